The van der Waals surface area contributed by atoms with Crippen molar-refractivity contribution >= 4 is 29.2 Å². The van der Waals surface area contributed by atoms with Crippen LogP contribution in [0, 0.1) is 0 Å². The number of benzene rings is 1. The molecule has 0 unspecified atom stereocenters. The fraction of sp³-hybridized carbons (Fsp3) is 0.235. The Balaban J connectivity index is 2.21. The third-order valence-electron chi connectivity index (χ3n) is 3.79. The van der Waals surface area contributed by atoms with E-state index in [1.807, 2.05) is 43.3 Å². The smallest absolute Gasteiger partial charge is 0.332 e. The van der Waals surface area contributed by atoms with Crippen LogP contribution >= 0.6 is 0 Å². The van der Waals surface area contributed by atoms with Gasteiger partial charge in [0.25, 0.3) is 5.56 Å². The van der Waals surface area contributed by atoms with Gasteiger partial charge in [0.15, 0.2) is 0 Å². The molecule has 0 saturated carbocycles. The average molecular weight is 343 g/mol. The van der Waals surface area contributed by atoms with E-state index in [1.54, 1.807) is 6.08 Å². The van der Waals surface area contributed by atoms with E-state index in [1.165, 1.54) is 20.2 Å². The van der Waals surface area contributed by atoms with Crippen molar-refractivity contribution in [3.63, 3.8) is 0 Å². The highest BCUT2D eigenvalue weighted by atomic mass is 16.2. The number of nitrogens with two attached hydrogens (primary N) is 1. The predicted molar refractivity (Wildman–Crippen MR) is 99.8 cm³/mol. The van der Waals surface area contributed by atoms with Gasteiger partial charge in [-0.25, -0.2) is 4.79 Å². The summed E-state index contributed by atoms with van der Waals surface area (Å²) in [5.74, 6) is -0.607. The largest absolute Gasteiger partial charge is 0.383 e. The molecule has 0 radical (unpaired) electrons. The molecule has 25 heavy (non-hydrogen) atoms. The molecule has 1 amide bonds. The topological polar surface area (TPSA) is 102 Å². The van der Waals surface area contributed by atoms with Crippen molar-refractivity contribution in [2.45, 2.75) is 0 Å². The maximum atomic E-state index is 12.1. The average Bonchev–Trinajstić information content (AvgIpc) is 2.60. The molecule has 132 valence electrons. The summed E-state index contributed by atoms with van der Waals surface area (Å²) in [6.07, 6.45) is 2.92. The van der Waals surface area contributed by atoms with Crippen molar-refractivity contribution in [3.05, 3.63) is 56.7 Å². The van der Waals surface area contributed by atoms with E-state index < -0.39 is 17.2 Å². The molecule has 0 aliphatic carbocycles. The summed E-state index contributed by atoms with van der Waals surface area (Å²) in [4.78, 5) is 37.9. The van der Waals surface area contributed by atoms with Gasteiger partial charge in [-0.2, -0.15) is 0 Å². The van der Waals surface area contributed by atoms with E-state index in [0.29, 0.717) is 0 Å². The fourth-order valence-electron chi connectivity index (χ4n) is 2.20. The van der Waals surface area contributed by atoms with Gasteiger partial charge in [0.05, 0.1) is 0 Å². The maximum Gasteiger partial charge on any atom is 0.332 e. The Morgan fingerprint density at radius 2 is 1.72 bits per heavy atom. The lowest BCUT2D eigenvalue weighted by Crippen LogP contribution is -2.40. The first-order valence-electron chi connectivity index (χ1n) is 7.54. The molecule has 8 nitrogen and oxygen atoms in total. The summed E-state index contributed by atoms with van der Waals surface area (Å²) < 4.78 is 1.98. The zero-order chi connectivity index (χ0) is 18.7. The molecule has 1 aromatic heterocycles. The fourth-order valence-corrected chi connectivity index (χ4v) is 2.20. The maximum absolute atomic E-state index is 12.1. The van der Waals surface area contributed by atoms with E-state index in [4.69, 9.17) is 5.73 Å². The number of anilines is 3. The Morgan fingerprint density at radius 1 is 1.12 bits per heavy atom. The van der Waals surface area contributed by atoms with Gasteiger partial charge in [0.2, 0.25) is 5.91 Å². The minimum absolute atomic E-state index is 0.0924. The normalized spacial score (nSPS) is 10.9. The highest BCUT2D eigenvalue weighted by Crippen LogP contribution is 2.13. The minimum Gasteiger partial charge on any atom is -0.383 e. The molecule has 1 heterocycles. The second-order valence-electron chi connectivity index (χ2n) is 5.77. The Kier molecular flexibility index (Phi) is 5.11. The molecule has 0 aliphatic rings. The Labute approximate surface area is 144 Å². The number of rotatable bonds is 4. The van der Waals surface area contributed by atoms with Crippen molar-refractivity contribution in [1.29, 1.82) is 0 Å². The number of carbonyl (C=O) groups excluding carboxylic acids is 1. The molecule has 8 heteroatoms. The molecule has 2 aromatic rings. The van der Waals surface area contributed by atoms with Crippen LogP contribution in [0.25, 0.3) is 6.08 Å². The Morgan fingerprint density at radius 3 is 2.28 bits per heavy atom. The summed E-state index contributed by atoms with van der Waals surface area (Å²) in [6, 6.07) is 7.61. The highest BCUT2D eigenvalue weighted by Gasteiger charge is 2.14. The van der Waals surface area contributed by atoms with Crippen LogP contribution in [-0.4, -0.2) is 29.1 Å². The van der Waals surface area contributed by atoms with E-state index in [2.05, 4.69) is 5.32 Å². The summed E-state index contributed by atoms with van der Waals surface area (Å²) in [5.41, 5.74) is 6.30. The summed E-state index contributed by atoms with van der Waals surface area (Å²) in [6.45, 7) is 0. The predicted octanol–water partition coefficient (Wildman–Crippen LogP) is 0.384. The lowest BCUT2D eigenvalue weighted by molar-refractivity contribution is -0.111. The molecular weight excluding hydrogens is 322 g/mol. The number of carbonyl (C=O) groups is 1. The summed E-state index contributed by atoms with van der Waals surface area (Å²) in [7, 11) is 6.63. The van der Waals surface area contributed by atoms with Crippen molar-refractivity contribution in [3.8, 4) is 0 Å². The van der Waals surface area contributed by atoms with Crippen molar-refractivity contribution in [2.75, 3.05) is 30.0 Å². The lowest BCUT2D eigenvalue weighted by atomic mass is 10.2. The third-order valence-corrected chi connectivity index (χ3v) is 3.79. The second kappa shape index (κ2) is 7.08. The second-order valence-corrected chi connectivity index (χ2v) is 5.77. The van der Waals surface area contributed by atoms with Gasteiger partial charge in [-0.1, -0.05) is 12.1 Å². The molecule has 2 rings (SSSR count). The first kappa shape index (κ1) is 18.1. The number of aromatic nitrogens is 2. The molecule has 0 aliphatic heterocycles. The van der Waals surface area contributed by atoms with E-state index in [9.17, 15) is 14.4 Å². The van der Waals surface area contributed by atoms with Gasteiger partial charge in [-0.15, -0.1) is 0 Å². The molecule has 0 saturated heterocycles. The number of nitrogen functional groups attached to an aromatic ring is 1. The minimum atomic E-state index is -0.655. The molecule has 0 atom stereocenters. The molecule has 0 spiro atoms. The zero-order valence-corrected chi connectivity index (χ0v) is 14.6. The number of hydrogen-bond acceptors (Lipinski definition) is 5. The first-order chi connectivity index (χ1) is 11.7. The van der Waals surface area contributed by atoms with Gasteiger partial charge in [-0.3, -0.25) is 18.7 Å². The summed E-state index contributed by atoms with van der Waals surface area (Å²) in [5, 5.41) is 2.44. The van der Waals surface area contributed by atoms with Crippen molar-refractivity contribution in [1.82, 2.24) is 9.13 Å². The van der Waals surface area contributed by atoms with E-state index in [0.717, 1.165) is 20.4 Å². The Bertz CT molecular complexity index is 936. The van der Waals surface area contributed by atoms with Crippen LogP contribution in [0.1, 0.15) is 5.56 Å². The van der Waals surface area contributed by atoms with Gasteiger partial charge in [0.1, 0.15) is 11.5 Å². The highest BCUT2D eigenvalue weighted by molar-refractivity contribution is 6.03. The van der Waals surface area contributed by atoms with E-state index in [-0.39, 0.29) is 11.5 Å². The van der Waals surface area contributed by atoms with Crippen LogP contribution < -0.4 is 27.2 Å². The zero-order valence-electron chi connectivity index (χ0n) is 14.6. The number of nitrogens with zero attached hydrogens (tertiary/aromatic N) is 3. The monoisotopic (exact) mass is 343 g/mol. The standard InChI is InChI=1S/C17H21N5O3/c1-20(2)12-8-5-11(6-9-12)7-10-13(23)19-14-15(18)21(3)17(25)22(4)16(14)24/h5-10H,18H2,1-4H3,(H,19,23)/b10-7+. The Hall–Kier alpha value is -3.29. The lowest BCUT2D eigenvalue weighted by Gasteiger charge is -2.12. The molecular formula is C17H21N5O3. The SMILES string of the molecule is CN(C)c1ccc(/C=C/C(=O)Nc2c(N)n(C)c(=O)n(C)c2=O)cc1. The molecule has 1 aromatic carbocycles. The van der Waals surface area contributed by atoms with Crippen molar-refractivity contribution in [2.24, 2.45) is 14.1 Å². The van der Waals surface area contributed by atoms with Crippen LogP contribution in [-0.2, 0) is 18.9 Å². The molecule has 0 fully saturated rings. The number of amides is 1. The van der Waals surface area contributed by atoms with Crippen LogP contribution in [0.15, 0.2) is 39.9 Å². The van der Waals surface area contributed by atoms with Crippen LogP contribution in [0.4, 0.5) is 17.2 Å². The quantitative estimate of drug-likeness (QED) is 0.782. The van der Waals surface area contributed by atoms with Crippen LogP contribution in [0.3, 0.4) is 0 Å². The molecule has 3 N–H and O–H groups in total. The van der Waals surface area contributed by atoms with Crippen LogP contribution in [0.5, 0.6) is 0 Å². The van der Waals surface area contributed by atoms with Gasteiger partial charge in [-0.05, 0) is 23.8 Å². The first-order valence-corrected chi connectivity index (χ1v) is 7.54. The molecule has 0 bridgehead atoms. The number of nitrogens with one attached hydrogen (secondary N) is 1. The van der Waals surface area contributed by atoms with Crippen LogP contribution in [0.2, 0.25) is 0 Å². The van der Waals surface area contributed by atoms with Gasteiger partial charge in [0, 0.05) is 40.0 Å². The van der Waals surface area contributed by atoms with Crippen molar-refractivity contribution < 1.29 is 4.79 Å². The van der Waals surface area contributed by atoms with E-state index >= 15 is 0 Å². The van der Waals surface area contributed by atoms with Gasteiger partial charge < -0.3 is 16.0 Å². The third kappa shape index (κ3) is 3.79. The summed E-state index contributed by atoms with van der Waals surface area (Å²) >= 11 is 0. The van der Waals surface area contributed by atoms with Gasteiger partial charge >= 0.3 is 5.69 Å². The number of hydrogen-bond donors (Lipinski definition) is 2.